The van der Waals surface area contributed by atoms with E-state index in [0.717, 1.165) is 12.1 Å². The van der Waals surface area contributed by atoms with Crippen LogP contribution in [0.2, 0.25) is 0 Å². The molecule has 1 aliphatic rings. The molecule has 0 aliphatic carbocycles. The molecule has 0 saturated carbocycles. The Hall–Kier alpha value is -3.40. The molecule has 0 unspecified atom stereocenters. The van der Waals surface area contributed by atoms with Crippen LogP contribution in [-0.4, -0.2) is 50.5 Å². The first kappa shape index (κ1) is 21.8. The number of carbonyl (C=O) groups is 2. The highest BCUT2D eigenvalue weighted by Gasteiger charge is 2.22. The number of nitrogens with one attached hydrogen (secondary N) is 1. The number of benzene rings is 1. The second-order valence-corrected chi connectivity index (χ2v) is 7.91. The third-order valence-electron chi connectivity index (χ3n) is 5.46. The summed E-state index contributed by atoms with van der Waals surface area (Å²) >= 11 is 0. The van der Waals surface area contributed by atoms with E-state index in [0.29, 0.717) is 66.7 Å². The SMILES string of the molecule is CCn1nc(C)cc1C(=O)Nc1nc2cc(C(N)=O)cc3c2n1CCCO[C@@H](C)CCO3. The van der Waals surface area contributed by atoms with Crippen LogP contribution >= 0.6 is 0 Å². The first-order chi connectivity index (χ1) is 15.4. The third kappa shape index (κ3) is 4.31. The quantitative estimate of drug-likeness (QED) is 0.642. The first-order valence-electron chi connectivity index (χ1n) is 10.8. The van der Waals surface area contributed by atoms with Crippen LogP contribution < -0.4 is 15.8 Å². The summed E-state index contributed by atoms with van der Waals surface area (Å²) in [6.45, 7) is 7.89. The molecular weight excluding hydrogens is 412 g/mol. The van der Waals surface area contributed by atoms with Crippen LogP contribution in [0.25, 0.3) is 11.0 Å². The highest BCUT2D eigenvalue weighted by Crippen LogP contribution is 2.32. The number of imidazole rings is 1. The molecule has 3 N–H and O–H groups in total. The van der Waals surface area contributed by atoms with Crippen molar-refractivity contribution in [3.05, 3.63) is 35.2 Å². The Morgan fingerprint density at radius 1 is 1.28 bits per heavy atom. The van der Waals surface area contributed by atoms with E-state index in [1.54, 1.807) is 22.9 Å². The molecular formula is C22H28N6O4. The van der Waals surface area contributed by atoms with Crippen molar-refractivity contribution in [2.75, 3.05) is 18.5 Å². The second-order valence-electron chi connectivity index (χ2n) is 7.91. The number of carbonyl (C=O) groups excluding carboxylic acids is 2. The lowest BCUT2D eigenvalue weighted by Gasteiger charge is -2.13. The van der Waals surface area contributed by atoms with Gasteiger partial charge in [-0.15, -0.1) is 0 Å². The van der Waals surface area contributed by atoms with Gasteiger partial charge in [-0.2, -0.15) is 5.10 Å². The smallest absolute Gasteiger partial charge is 0.276 e. The molecule has 10 nitrogen and oxygen atoms in total. The van der Waals surface area contributed by atoms with Crippen LogP contribution in [0.3, 0.4) is 0 Å². The molecule has 1 atom stereocenters. The molecule has 0 spiro atoms. The number of primary amides is 1. The van der Waals surface area contributed by atoms with Gasteiger partial charge in [0.15, 0.2) is 0 Å². The zero-order valence-corrected chi connectivity index (χ0v) is 18.6. The Morgan fingerprint density at radius 3 is 2.84 bits per heavy atom. The summed E-state index contributed by atoms with van der Waals surface area (Å²) in [5.41, 5.74) is 8.28. The minimum Gasteiger partial charge on any atom is -0.491 e. The van der Waals surface area contributed by atoms with Crippen LogP contribution in [0.4, 0.5) is 5.95 Å². The number of hydrogen-bond acceptors (Lipinski definition) is 6. The molecule has 4 rings (SSSR count). The van der Waals surface area contributed by atoms with E-state index in [-0.39, 0.29) is 12.0 Å². The molecule has 170 valence electrons. The zero-order valence-electron chi connectivity index (χ0n) is 18.6. The van der Waals surface area contributed by atoms with Gasteiger partial charge in [-0.25, -0.2) is 4.98 Å². The third-order valence-corrected chi connectivity index (χ3v) is 5.46. The number of rotatable bonds is 4. The van der Waals surface area contributed by atoms with Gasteiger partial charge in [0.2, 0.25) is 11.9 Å². The van der Waals surface area contributed by atoms with E-state index >= 15 is 0 Å². The highest BCUT2D eigenvalue weighted by molar-refractivity contribution is 6.04. The van der Waals surface area contributed by atoms with Gasteiger partial charge in [0, 0.05) is 31.7 Å². The minimum atomic E-state index is -0.569. The average Bonchev–Trinajstić information content (AvgIpc) is 3.29. The van der Waals surface area contributed by atoms with Gasteiger partial charge in [-0.05, 0) is 45.4 Å². The van der Waals surface area contributed by atoms with Gasteiger partial charge in [-0.1, -0.05) is 0 Å². The lowest BCUT2D eigenvalue weighted by Crippen LogP contribution is -2.20. The van der Waals surface area contributed by atoms with Crippen molar-refractivity contribution in [2.45, 2.75) is 52.8 Å². The normalized spacial score (nSPS) is 16.9. The summed E-state index contributed by atoms with van der Waals surface area (Å²) in [7, 11) is 0. The minimum absolute atomic E-state index is 0.0529. The van der Waals surface area contributed by atoms with E-state index in [1.807, 2.05) is 25.3 Å². The number of anilines is 1. The predicted molar refractivity (Wildman–Crippen MR) is 119 cm³/mol. The van der Waals surface area contributed by atoms with E-state index in [9.17, 15) is 9.59 Å². The summed E-state index contributed by atoms with van der Waals surface area (Å²) in [6, 6.07) is 4.99. The summed E-state index contributed by atoms with van der Waals surface area (Å²) in [6.07, 6.45) is 1.49. The van der Waals surface area contributed by atoms with Crippen LogP contribution in [0.1, 0.15) is 53.2 Å². The molecule has 3 heterocycles. The van der Waals surface area contributed by atoms with Crippen LogP contribution in [0, 0.1) is 6.92 Å². The largest absolute Gasteiger partial charge is 0.491 e. The maximum Gasteiger partial charge on any atom is 0.276 e. The van der Waals surface area contributed by atoms with Crippen molar-refractivity contribution in [2.24, 2.45) is 5.73 Å². The fourth-order valence-electron chi connectivity index (χ4n) is 3.86. The molecule has 0 radical (unpaired) electrons. The van der Waals surface area contributed by atoms with Crippen molar-refractivity contribution >= 4 is 28.8 Å². The number of nitrogens with zero attached hydrogens (tertiary/aromatic N) is 4. The molecule has 1 aliphatic heterocycles. The molecule has 10 heteroatoms. The first-order valence-corrected chi connectivity index (χ1v) is 10.8. The van der Waals surface area contributed by atoms with Gasteiger partial charge in [-0.3, -0.25) is 19.6 Å². The Balaban J connectivity index is 1.79. The number of aromatic nitrogens is 4. The Labute approximate surface area is 185 Å². The molecule has 1 aromatic carbocycles. The molecule has 32 heavy (non-hydrogen) atoms. The van der Waals surface area contributed by atoms with Crippen molar-refractivity contribution < 1.29 is 19.1 Å². The molecule has 2 amide bonds. The zero-order chi connectivity index (χ0) is 22.8. The second kappa shape index (κ2) is 8.99. The molecule has 0 bridgehead atoms. The molecule has 0 saturated heterocycles. The number of aryl methyl sites for hydroxylation is 3. The van der Waals surface area contributed by atoms with E-state index in [2.05, 4.69) is 15.4 Å². The van der Waals surface area contributed by atoms with Crippen molar-refractivity contribution in [3.8, 4) is 5.75 Å². The average molecular weight is 441 g/mol. The maximum atomic E-state index is 13.0. The number of ether oxygens (including phenoxy) is 2. The molecule has 2 aromatic heterocycles. The summed E-state index contributed by atoms with van der Waals surface area (Å²) < 4.78 is 15.4. The Bertz CT molecular complexity index is 1170. The van der Waals surface area contributed by atoms with E-state index in [4.69, 9.17) is 15.2 Å². The van der Waals surface area contributed by atoms with Crippen LogP contribution in [0.5, 0.6) is 5.75 Å². The topological polar surface area (TPSA) is 126 Å². The Morgan fingerprint density at radius 2 is 2.09 bits per heavy atom. The maximum absolute atomic E-state index is 13.0. The van der Waals surface area contributed by atoms with Crippen molar-refractivity contribution in [1.29, 1.82) is 0 Å². The summed E-state index contributed by atoms with van der Waals surface area (Å²) in [4.78, 5) is 29.5. The fraction of sp³-hybridized carbons (Fsp3) is 0.455. The van der Waals surface area contributed by atoms with Crippen molar-refractivity contribution in [3.63, 3.8) is 0 Å². The van der Waals surface area contributed by atoms with Gasteiger partial charge >= 0.3 is 0 Å². The Kier molecular flexibility index (Phi) is 6.13. The fourth-order valence-corrected chi connectivity index (χ4v) is 3.86. The monoisotopic (exact) mass is 440 g/mol. The van der Waals surface area contributed by atoms with Crippen LogP contribution in [0.15, 0.2) is 18.2 Å². The number of amides is 2. The van der Waals surface area contributed by atoms with Gasteiger partial charge in [0.25, 0.3) is 5.91 Å². The van der Waals surface area contributed by atoms with Crippen LogP contribution in [-0.2, 0) is 17.8 Å². The number of nitrogens with two attached hydrogens (primary N) is 1. The molecule has 0 fully saturated rings. The van der Waals surface area contributed by atoms with Gasteiger partial charge in [0.05, 0.1) is 23.9 Å². The lowest BCUT2D eigenvalue weighted by atomic mass is 10.1. The van der Waals surface area contributed by atoms with E-state index in [1.165, 1.54) is 0 Å². The predicted octanol–water partition coefficient (Wildman–Crippen LogP) is 2.49. The standard InChI is InChI=1S/C22H28N6O4/c1-4-28-17(10-13(2)26-28)21(30)25-22-24-16-11-15(20(23)29)12-18-19(16)27(22)7-5-8-31-14(3)6-9-32-18/h10-12,14H,4-9H2,1-3H3,(H2,23,29)(H,24,25,30)/t14-/m0/s1. The highest BCUT2D eigenvalue weighted by atomic mass is 16.5. The summed E-state index contributed by atoms with van der Waals surface area (Å²) in [5, 5.41) is 7.26. The van der Waals surface area contributed by atoms with Gasteiger partial charge in [0.1, 0.15) is 17.0 Å². The van der Waals surface area contributed by atoms with E-state index < -0.39 is 5.91 Å². The molecule has 3 aromatic rings. The van der Waals surface area contributed by atoms with Crippen molar-refractivity contribution in [1.82, 2.24) is 19.3 Å². The van der Waals surface area contributed by atoms with Gasteiger partial charge < -0.3 is 19.8 Å². The summed E-state index contributed by atoms with van der Waals surface area (Å²) in [5.74, 6) is -0.00544. The lowest BCUT2D eigenvalue weighted by molar-refractivity contribution is 0.0485. The number of hydrogen-bond donors (Lipinski definition) is 2.